The van der Waals surface area contributed by atoms with Crippen molar-refractivity contribution in [2.45, 2.75) is 65.0 Å². The zero-order valence-corrected chi connectivity index (χ0v) is 17.0. The Morgan fingerprint density at radius 2 is 1.42 bits per heavy atom. The van der Waals surface area contributed by atoms with Crippen LogP contribution in [0.2, 0.25) is 58.9 Å². The minimum atomic E-state index is -1.73. The van der Waals surface area contributed by atoms with Crippen molar-refractivity contribution in [2.75, 3.05) is 6.61 Å². The molecule has 19 heavy (non-hydrogen) atoms. The summed E-state index contributed by atoms with van der Waals surface area (Å²) in [5.74, 6) is 0.198. The van der Waals surface area contributed by atoms with Crippen molar-refractivity contribution in [3.8, 4) is 0 Å². The monoisotopic (exact) mass is 318 g/mol. The molecule has 0 spiro atoms. The van der Waals surface area contributed by atoms with E-state index in [2.05, 4.69) is 63.2 Å². The van der Waals surface area contributed by atoms with Crippen LogP contribution in [0, 0.1) is 0 Å². The molecule has 7 heteroatoms. The van der Waals surface area contributed by atoms with Gasteiger partial charge in [-0.3, -0.25) is 14.4 Å². The first-order valence-electron chi connectivity index (χ1n) is 7.02. The fourth-order valence-corrected chi connectivity index (χ4v) is 14.6. The molecule has 1 unspecified atom stereocenters. The molecule has 0 N–H and O–H groups in total. The topological polar surface area (TPSA) is 32.8 Å². The Bertz CT molecular complexity index is 341. The second kappa shape index (κ2) is 5.10. The highest BCUT2D eigenvalue weighted by molar-refractivity contribution is 6.90. The number of hydrogen-bond donors (Lipinski definition) is 0. The lowest BCUT2D eigenvalue weighted by Gasteiger charge is -2.46. The van der Waals surface area contributed by atoms with E-state index in [1.165, 1.54) is 0 Å². The van der Waals surface area contributed by atoms with E-state index in [9.17, 15) is 4.79 Å². The molecule has 0 saturated carbocycles. The van der Waals surface area contributed by atoms with E-state index >= 15 is 0 Å². The van der Waals surface area contributed by atoms with Crippen molar-refractivity contribution < 1.29 is 9.63 Å². The summed E-state index contributed by atoms with van der Waals surface area (Å²) in [6.45, 7) is 21.0. The molecule has 1 amide bonds. The molecule has 1 saturated heterocycles. The SMILES string of the molecule is C[Si](C)(C)N1OCC(N([Si](C)(C)C)[Si](C)(C)C)C1=O. The maximum absolute atomic E-state index is 12.7. The molecule has 0 radical (unpaired) electrons. The van der Waals surface area contributed by atoms with Crippen LogP contribution in [0.3, 0.4) is 0 Å². The van der Waals surface area contributed by atoms with Crippen LogP contribution < -0.4 is 0 Å². The Kier molecular flexibility index (Phi) is 4.59. The van der Waals surface area contributed by atoms with Gasteiger partial charge in [-0.05, 0) is 19.6 Å². The van der Waals surface area contributed by atoms with Gasteiger partial charge < -0.3 is 4.23 Å². The average molecular weight is 319 g/mol. The molecule has 0 aromatic rings. The molecule has 0 bridgehead atoms. The molecule has 1 aliphatic heterocycles. The Labute approximate surface area is 121 Å². The summed E-state index contributed by atoms with van der Waals surface area (Å²) in [4.78, 5) is 18.5. The molecular weight excluding hydrogens is 288 g/mol. The van der Waals surface area contributed by atoms with Crippen LogP contribution in [0.4, 0.5) is 0 Å². The van der Waals surface area contributed by atoms with Gasteiger partial charge in [0.25, 0.3) is 5.91 Å². The predicted molar refractivity (Wildman–Crippen MR) is 88.5 cm³/mol. The van der Waals surface area contributed by atoms with Crippen molar-refractivity contribution in [1.82, 2.24) is 8.96 Å². The van der Waals surface area contributed by atoms with E-state index in [-0.39, 0.29) is 11.9 Å². The Hall–Kier alpha value is 0.0406. The third kappa shape index (κ3) is 3.78. The lowest BCUT2D eigenvalue weighted by Crippen LogP contribution is -2.66. The highest BCUT2D eigenvalue weighted by Gasteiger charge is 2.49. The molecule has 0 aliphatic carbocycles. The van der Waals surface area contributed by atoms with Gasteiger partial charge in [-0.1, -0.05) is 39.3 Å². The summed E-state index contributed by atoms with van der Waals surface area (Å²) < 4.78 is 4.27. The summed E-state index contributed by atoms with van der Waals surface area (Å²) in [6.07, 6.45) is 0. The number of hydroxylamine groups is 1. The molecule has 0 aromatic carbocycles. The standard InChI is InChI=1S/C12H30N2O2Si3/c1-17(2,3)13-12(15)11(10-16-13)14(18(4,5)6)19(7,8)9/h11H,10H2,1-9H3. The number of hydrogen-bond acceptors (Lipinski definition) is 3. The lowest BCUT2D eigenvalue weighted by atomic mass is 10.3. The van der Waals surface area contributed by atoms with E-state index in [4.69, 9.17) is 4.84 Å². The summed E-state index contributed by atoms with van der Waals surface area (Å²) >= 11 is 0. The maximum atomic E-state index is 12.7. The quantitative estimate of drug-likeness (QED) is 0.747. The first-order valence-corrected chi connectivity index (χ1v) is 17.4. The first-order chi connectivity index (χ1) is 8.26. The lowest BCUT2D eigenvalue weighted by molar-refractivity contribution is -0.143. The van der Waals surface area contributed by atoms with Crippen LogP contribution >= 0.6 is 0 Å². The third-order valence-electron chi connectivity index (χ3n) is 3.21. The number of amides is 1. The normalized spacial score (nSPS) is 22.5. The Morgan fingerprint density at radius 1 is 1.00 bits per heavy atom. The van der Waals surface area contributed by atoms with Gasteiger partial charge in [-0.25, -0.2) is 0 Å². The minimum absolute atomic E-state index is 0.0509. The van der Waals surface area contributed by atoms with E-state index in [1.807, 2.05) is 0 Å². The van der Waals surface area contributed by atoms with E-state index < -0.39 is 24.7 Å². The summed E-state index contributed by atoms with van der Waals surface area (Å²) in [5, 5.41) is 0. The summed E-state index contributed by atoms with van der Waals surface area (Å²) in [7, 11) is -4.80. The van der Waals surface area contributed by atoms with Crippen LogP contribution in [0.5, 0.6) is 0 Å². The van der Waals surface area contributed by atoms with E-state index in [0.29, 0.717) is 6.61 Å². The summed E-state index contributed by atoms with van der Waals surface area (Å²) in [6, 6.07) is -0.0509. The van der Waals surface area contributed by atoms with Crippen molar-refractivity contribution in [1.29, 1.82) is 0 Å². The zero-order chi connectivity index (χ0) is 15.2. The first kappa shape index (κ1) is 17.1. The van der Waals surface area contributed by atoms with Crippen LogP contribution in [0.1, 0.15) is 0 Å². The van der Waals surface area contributed by atoms with Gasteiger partial charge in [0.15, 0.2) is 8.24 Å². The van der Waals surface area contributed by atoms with Crippen LogP contribution in [0.15, 0.2) is 0 Å². The number of rotatable bonds is 4. The van der Waals surface area contributed by atoms with Gasteiger partial charge in [-0.15, -0.1) is 0 Å². The van der Waals surface area contributed by atoms with Gasteiger partial charge in [0.05, 0.1) is 6.61 Å². The van der Waals surface area contributed by atoms with Crippen LogP contribution in [0.25, 0.3) is 0 Å². The molecule has 1 rings (SSSR count). The molecule has 1 fully saturated rings. The van der Waals surface area contributed by atoms with Crippen LogP contribution in [-0.2, 0) is 9.63 Å². The third-order valence-corrected chi connectivity index (χ3v) is 12.3. The van der Waals surface area contributed by atoms with Gasteiger partial charge in [0.1, 0.15) is 22.5 Å². The highest BCUT2D eigenvalue weighted by atomic mass is 28.4. The van der Waals surface area contributed by atoms with Crippen molar-refractivity contribution in [3.05, 3.63) is 0 Å². The van der Waals surface area contributed by atoms with E-state index in [1.54, 1.807) is 4.73 Å². The fraction of sp³-hybridized carbons (Fsp3) is 0.917. The molecular formula is C12H30N2O2Si3. The van der Waals surface area contributed by atoms with Gasteiger partial charge in [0, 0.05) is 0 Å². The fourth-order valence-electron chi connectivity index (χ4n) is 3.07. The smallest absolute Gasteiger partial charge is 0.256 e. The highest BCUT2D eigenvalue weighted by Crippen LogP contribution is 2.29. The van der Waals surface area contributed by atoms with Crippen molar-refractivity contribution in [3.63, 3.8) is 0 Å². The number of carbonyl (C=O) groups excluding carboxylic acids is 1. The van der Waals surface area contributed by atoms with Gasteiger partial charge in [0.2, 0.25) is 0 Å². The van der Waals surface area contributed by atoms with E-state index in [0.717, 1.165) is 0 Å². The average Bonchev–Trinajstić information content (AvgIpc) is 2.41. The molecule has 1 heterocycles. The minimum Gasteiger partial charge on any atom is -0.333 e. The second-order valence-corrected chi connectivity index (χ2v) is 23.2. The Balaban J connectivity index is 3.06. The molecule has 0 aromatic heterocycles. The maximum Gasteiger partial charge on any atom is 0.256 e. The second-order valence-electron chi connectivity index (χ2n) is 8.33. The number of nitrogens with zero attached hydrogens (tertiary/aromatic N) is 2. The van der Waals surface area contributed by atoms with Crippen molar-refractivity contribution >= 4 is 30.6 Å². The van der Waals surface area contributed by atoms with Crippen molar-refractivity contribution in [2.24, 2.45) is 0 Å². The number of carbonyl (C=O) groups is 1. The van der Waals surface area contributed by atoms with Gasteiger partial charge in [-0.2, -0.15) is 0 Å². The summed E-state index contributed by atoms with van der Waals surface area (Å²) in [5.41, 5.74) is 0. The zero-order valence-electron chi connectivity index (χ0n) is 14.0. The van der Waals surface area contributed by atoms with Crippen LogP contribution in [-0.4, -0.2) is 52.2 Å². The largest absolute Gasteiger partial charge is 0.333 e. The molecule has 1 aliphatic rings. The molecule has 1 atom stereocenters. The molecule has 112 valence electrons. The predicted octanol–water partition coefficient (Wildman–Crippen LogP) is 2.94. The van der Waals surface area contributed by atoms with Gasteiger partial charge >= 0.3 is 0 Å². The Morgan fingerprint density at radius 3 is 1.68 bits per heavy atom. The molecule has 4 nitrogen and oxygen atoms in total.